The summed E-state index contributed by atoms with van der Waals surface area (Å²) in [5.41, 5.74) is 0. The first-order chi connectivity index (χ1) is 11.8. The van der Waals surface area contributed by atoms with E-state index in [4.69, 9.17) is 21.1 Å². The van der Waals surface area contributed by atoms with Crippen molar-refractivity contribution >= 4 is 35.7 Å². The Hall–Kier alpha value is -2.56. The van der Waals surface area contributed by atoms with E-state index in [9.17, 15) is 9.59 Å². The van der Waals surface area contributed by atoms with Crippen molar-refractivity contribution in [3.63, 3.8) is 0 Å². The molecule has 1 rings (SSSR count). The molecule has 1 heterocycles. The van der Waals surface area contributed by atoms with Gasteiger partial charge >= 0.3 is 12.2 Å². The van der Waals surface area contributed by atoms with E-state index in [2.05, 4.69) is 36.2 Å². The van der Waals surface area contributed by atoms with Gasteiger partial charge in [0, 0.05) is 20.1 Å². The van der Waals surface area contributed by atoms with Crippen LogP contribution in [-0.4, -0.2) is 66.5 Å². The molecule has 0 bridgehead atoms. The van der Waals surface area contributed by atoms with E-state index in [-0.39, 0.29) is 30.4 Å². The Labute approximate surface area is 150 Å². The number of hydrogen-bond acceptors (Lipinski definition) is 9. The molecule has 12 heteroatoms. The molecule has 25 heavy (non-hydrogen) atoms. The molecule has 0 spiro atoms. The molecule has 0 fully saturated rings. The van der Waals surface area contributed by atoms with E-state index in [1.165, 1.54) is 14.1 Å². The van der Waals surface area contributed by atoms with Gasteiger partial charge in [-0.05, 0) is 25.4 Å². The van der Waals surface area contributed by atoms with Crippen LogP contribution in [0.25, 0.3) is 0 Å². The third kappa shape index (κ3) is 8.20. The third-order valence-corrected chi connectivity index (χ3v) is 2.77. The fourth-order valence-corrected chi connectivity index (χ4v) is 1.70. The van der Waals surface area contributed by atoms with Gasteiger partial charge in [-0.2, -0.15) is 15.0 Å². The zero-order valence-electron chi connectivity index (χ0n) is 14.4. The van der Waals surface area contributed by atoms with Crippen LogP contribution in [0.5, 0.6) is 0 Å². The fraction of sp³-hybridized carbons (Fsp3) is 0.615. The number of ether oxygens (including phenoxy) is 2. The van der Waals surface area contributed by atoms with E-state index in [1.807, 2.05) is 13.8 Å². The number of hydrogen-bond donors (Lipinski definition) is 4. The van der Waals surface area contributed by atoms with Crippen molar-refractivity contribution in [1.29, 1.82) is 0 Å². The number of nitrogens with one attached hydrogen (secondary N) is 4. The highest BCUT2D eigenvalue weighted by atomic mass is 35.5. The van der Waals surface area contributed by atoms with Crippen molar-refractivity contribution in [3.05, 3.63) is 5.28 Å². The lowest BCUT2D eigenvalue weighted by atomic mass is 10.4. The number of nitrogens with zero attached hydrogens (tertiary/aromatic N) is 3. The fourth-order valence-electron chi connectivity index (χ4n) is 1.54. The number of aromatic nitrogens is 3. The Morgan fingerprint density at radius 3 is 2.32 bits per heavy atom. The molecule has 0 saturated carbocycles. The van der Waals surface area contributed by atoms with Crippen molar-refractivity contribution in [2.24, 2.45) is 0 Å². The van der Waals surface area contributed by atoms with Gasteiger partial charge in [0.25, 0.3) is 0 Å². The summed E-state index contributed by atoms with van der Waals surface area (Å²) in [6, 6.07) is 0.108. The predicted octanol–water partition coefficient (Wildman–Crippen LogP) is 0.838. The third-order valence-electron chi connectivity index (χ3n) is 2.60. The molecule has 1 atom stereocenters. The second-order valence-corrected chi connectivity index (χ2v) is 5.40. The topological polar surface area (TPSA) is 139 Å². The number of carbonyl (C=O) groups excluding carboxylic acids is 2. The van der Waals surface area contributed by atoms with Crippen LogP contribution in [0.15, 0.2) is 0 Å². The number of rotatable bonds is 8. The molecule has 0 saturated heterocycles. The number of carbonyl (C=O) groups is 2. The Kier molecular flexibility index (Phi) is 8.47. The average molecular weight is 376 g/mol. The molecule has 140 valence electrons. The summed E-state index contributed by atoms with van der Waals surface area (Å²) >= 11 is 5.86. The smallest absolute Gasteiger partial charge is 0.407 e. The molecule has 0 aromatic carbocycles. The Balaban J connectivity index is 2.71. The van der Waals surface area contributed by atoms with Crippen LogP contribution in [0.1, 0.15) is 13.8 Å². The molecule has 0 aliphatic carbocycles. The van der Waals surface area contributed by atoms with Gasteiger partial charge in [0.1, 0.15) is 6.61 Å². The number of alkyl carbamates (subject to hydrolysis) is 2. The highest BCUT2D eigenvalue weighted by molar-refractivity contribution is 6.28. The molecule has 0 radical (unpaired) electrons. The van der Waals surface area contributed by atoms with Crippen molar-refractivity contribution in [1.82, 2.24) is 25.6 Å². The molecular weight excluding hydrogens is 354 g/mol. The highest BCUT2D eigenvalue weighted by Gasteiger charge is 2.17. The first-order valence-corrected chi connectivity index (χ1v) is 7.86. The number of amides is 2. The maximum absolute atomic E-state index is 11.4. The summed E-state index contributed by atoms with van der Waals surface area (Å²) in [4.78, 5) is 34.6. The molecule has 0 aliphatic heterocycles. The quantitative estimate of drug-likeness (QED) is 0.520. The van der Waals surface area contributed by atoms with E-state index < -0.39 is 18.3 Å². The van der Waals surface area contributed by atoms with Gasteiger partial charge in [-0.15, -0.1) is 0 Å². The lowest BCUT2D eigenvalue weighted by Crippen LogP contribution is -2.36. The predicted molar refractivity (Wildman–Crippen MR) is 91.8 cm³/mol. The first-order valence-electron chi connectivity index (χ1n) is 7.48. The zero-order chi connectivity index (χ0) is 18.8. The molecule has 11 nitrogen and oxygen atoms in total. The van der Waals surface area contributed by atoms with E-state index >= 15 is 0 Å². The maximum Gasteiger partial charge on any atom is 0.407 e. The molecular formula is C13H22ClN7O4. The molecule has 0 aliphatic rings. The van der Waals surface area contributed by atoms with Crippen LogP contribution >= 0.6 is 11.6 Å². The minimum atomic E-state index is -0.769. The molecule has 1 unspecified atom stereocenters. The van der Waals surface area contributed by atoms with Crippen molar-refractivity contribution in [2.75, 3.05) is 37.9 Å². The van der Waals surface area contributed by atoms with Gasteiger partial charge in [-0.25, -0.2) is 9.59 Å². The molecule has 1 aromatic rings. The van der Waals surface area contributed by atoms with Gasteiger partial charge in [0.05, 0.1) is 6.54 Å². The van der Waals surface area contributed by atoms with Gasteiger partial charge in [0.15, 0.2) is 6.10 Å². The minimum Gasteiger partial charge on any atom is -0.446 e. The molecule has 1 aromatic heterocycles. The summed E-state index contributed by atoms with van der Waals surface area (Å²) in [5, 5.41) is 10.5. The minimum absolute atomic E-state index is 0.00558. The average Bonchev–Trinajstić information content (AvgIpc) is 2.55. The molecule has 2 amide bonds. The van der Waals surface area contributed by atoms with Crippen LogP contribution in [-0.2, 0) is 9.47 Å². The van der Waals surface area contributed by atoms with Gasteiger partial charge in [-0.3, -0.25) is 0 Å². The maximum atomic E-state index is 11.4. The summed E-state index contributed by atoms with van der Waals surface area (Å²) < 4.78 is 10.0. The summed E-state index contributed by atoms with van der Waals surface area (Å²) in [6.45, 7) is 3.78. The van der Waals surface area contributed by atoms with Crippen molar-refractivity contribution < 1.29 is 19.1 Å². The highest BCUT2D eigenvalue weighted by Crippen LogP contribution is 2.10. The Morgan fingerprint density at radius 1 is 1.08 bits per heavy atom. The lowest BCUT2D eigenvalue weighted by Gasteiger charge is -2.18. The Bertz CT molecular complexity index is 587. The van der Waals surface area contributed by atoms with Gasteiger partial charge in [0.2, 0.25) is 17.2 Å². The van der Waals surface area contributed by atoms with Crippen molar-refractivity contribution in [3.8, 4) is 0 Å². The van der Waals surface area contributed by atoms with Crippen LogP contribution in [0.3, 0.4) is 0 Å². The van der Waals surface area contributed by atoms with E-state index in [0.717, 1.165) is 0 Å². The van der Waals surface area contributed by atoms with Crippen LogP contribution in [0.2, 0.25) is 5.28 Å². The van der Waals surface area contributed by atoms with Crippen molar-refractivity contribution in [2.45, 2.75) is 26.0 Å². The van der Waals surface area contributed by atoms with E-state index in [1.54, 1.807) is 0 Å². The summed E-state index contributed by atoms with van der Waals surface area (Å²) in [7, 11) is 2.84. The summed E-state index contributed by atoms with van der Waals surface area (Å²) in [5.74, 6) is 0.497. The molecule has 4 N–H and O–H groups in total. The van der Waals surface area contributed by atoms with Crippen LogP contribution in [0, 0.1) is 0 Å². The van der Waals surface area contributed by atoms with Gasteiger partial charge < -0.3 is 30.7 Å². The SMILES string of the molecule is CNC(=O)OCC(CNc1nc(Cl)nc(NC(C)C)n1)OC(=O)NC. The van der Waals surface area contributed by atoms with Crippen LogP contribution < -0.4 is 21.3 Å². The van der Waals surface area contributed by atoms with Crippen LogP contribution in [0.4, 0.5) is 21.5 Å². The monoisotopic (exact) mass is 375 g/mol. The second kappa shape index (κ2) is 10.3. The number of halogens is 1. The largest absolute Gasteiger partial charge is 0.446 e. The number of anilines is 2. The normalized spacial score (nSPS) is 11.4. The van der Waals surface area contributed by atoms with Gasteiger partial charge in [-0.1, -0.05) is 0 Å². The summed E-state index contributed by atoms with van der Waals surface area (Å²) in [6.07, 6.45) is -2.07. The lowest BCUT2D eigenvalue weighted by molar-refractivity contribution is 0.0518. The zero-order valence-corrected chi connectivity index (χ0v) is 15.2. The standard InChI is InChI=1S/C13H22ClN7O4/c1-7(2)18-11-20-9(14)19-10(21-11)17-5-8(25-13(23)16-4)6-24-12(22)15-3/h7-8H,5-6H2,1-4H3,(H,15,22)(H,16,23)(H2,17,18,19,20,21). The first kappa shape index (κ1) is 20.5. The Morgan fingerprint density at radius 2 is 1.72 bits per heavy atom. The van der Waals surface area contributed by atoms with E-state index in [0.29, 0.717) is 5.95 Å². The second-order valence-electron chi connectivity index (χ2n) is 5.06.